The van der Waals surface area contributed by atoms with Crippen molar-refractivity contribution < 1.29 is 24.2 Å². The summed E-state index contributed by atoms with van der Waals surface area (Å²) in [5.74, 6) is -1.95. The van der Waals surface area contributed by atoms with Crippen LogP contribution in [0, 0.1) is 11.2 Å². The Morgan fingerprint density at radius 3 is 2.52 bits per heavy atom. The number of H-pyrrole nitrogens is 1. The molecule has 3 aromatic rings. The zero-order valence-electron chi connectivity index (χ0n) is 16.9. The van der Waals surface area contributed by atoms with E-state index in [0.29, 0.717) is 6.42 Å². The normalized spacial score (nSPS) is 13.9. The quantitative estimate of drug-likeness (QED) is 0.416. The molecule has 2 aromatic carbocycles. The highest BCUT2D eigenvalue weighted by atomic mass is 19.1. The minimum Gasteiger partial charge on any atom is -0.481 e. The molecule has 1 aromatic heterocycles. The van der Waals surface area contributed by atoms with E-state index in [4.69, 9.17) is 0 Å². The van der Waals surface area contributed by atoms with Gasteiger partial charge in [-0.25, -0.2) is 4.39 Å². The number of halogens is 1. The Kier molecular flexibility index (Phi) is 6.76. The molecule has 4 N–H and O–H groups in total. The van der Waals surface area contributed by atoms with Crippen LogP contribution in [0.4, 0.5) is 4.39 Å². The van der Waals surface area contributed by atoms with Crippen LogP contribution >= 0.6 is 0 Å². The van der Waals surface area contributed by atoms with Gasteiger partial charge in [0, 0.05) is 6.04 Å². The fourth-order valence-electron chi connectivity index (χ4n) is 3.29. The smallest absolute Gasteiger partial charge is 0.311 e. The minimum atomic E-state index is -1.42. The molecule has 0 saturated heterocycles. The molecular formula is C22H23FN4O4. The molecule has 1 unspecified atom stereocenters. The molecule has 162 valence electrons. The third-order valence-corrected chi connectivity index (χ3v) is 5.15. The topological polar surface area (TPSA) is 128 Å². The maximum atomic E-state index is 13.5. The highest BCUT2D eigenvalue weighted by molar-refractivity contribution is 5.92. The molecule has 3 rings (SSSR count). The van der Waals surface area contributed by atoms with E-state index in [2.05, 4.69) is 20.7 Å². The molecule has 0 fully saturated rings. The fourth-order valence-corrected chi connectivity index (χ4v) is 3.29. The van der Waals surface area contributed by atoms with Crippen molar-refractivity contribution in [2.75, 3.05) is 6.61 Å². The van der Waals surface area contributed by atoms with E-state index < -0.39 is 29.9 Å². The van der Waals surface area contributed by atoms with Gasteiger partial charge in [-0.1, -0.05) is 41.6 Å². The number of hydrogen-bond acceptors (Lipinski definition) is 5. The van der Waals surface area contributed by atoms with Gasteiger partial charge < -0.3 is 15.5 Å². The van der Waals surface area contributed by atoms with Gasteiger partial charge in [0.25, 0.3) is 5.91 Å². The van der Waals surface area contributed by atoms with Crippen molar-refractivity contribution in [1.82, 2.24) is 20.7 Å². The molecule has 1 amide bonds. The van der Waals surface area contributed by atoms with Crippen molar-refractivity contribution in [2.45, 2.75) is 25.8 Å². The molecule has 0 spiro atoms. The number of carboxylic acid groups (broad SMARTS) is 1. The summed E-state index contributed by atoms with van der Waals surface area (Å²) in [6, 6.07) is 13.0. The van der Waals surface area contributed by atoms with E-state index in [-0.39, 0.29) is 17.9 Å². The average Bonchev–Trinajstić information content (AvgIpc) is 3.29. The van der Waals surface area contributed by atoms with Crippen LogP contribution in [0.25, 0.3) is 11.1 Å². The van der Waals surface area contributed by atoms with Crippen LogP contribution < -0.4 is 5.32 Å². The molecule has 0 aliphatic rings. The van der Waals surface area contributed by atoms with Gasteiger partial charge in [0.1, 0.15) is 11.5 Å². The number of aliphatic hydroxyl groups excluding tert-OH is 1. The first-order valence-electron chi connectivity index (χ1n) is 9.67. The minimum absolute atomic E-state index is 0.0117. The number of aliphatic hydroxyl groups is 1. The van der Waals surface area contributed by atoms with Crippen LogP contribution in [-0.4, -0.2) is 50.1 Å². The monoisotopic (exact) mass is 426 g/mol. The van der Waals surface area contributed by atoms with Gasteiger partial charge in [0.05, 0.1) is 18.2 Å². The molecule has 0 bridgehead atoms. The van der Waals surface area contributed by atoms with Crippen LogP contribution in [0.2, 0.25) is 0 Å². The highest BCUT2D eigenvalue weighted by Gasteiger charge is 2.36. The number of carbonyl (C=O) groups excluding carboxylic acids is 1. The number of nitrogens with one attached hydrogen (secondary N) is 2. The number of rotatable bonds is 9. The molecule has 31 heavy (non-hydrogen) atoms. The van der Waals surface area contributed by atoms with Crippen LogP contribution in [0.1, 0.15) is 29.4 Å². The van der Waals surface area contributed by atoms with Crippen molar-refractivity contribution >= 4 is 11.9 Å². The summed E-state index contributed by atoms with van der Waals surface area (Å²) < 4.78 is 13.5. The van der Waals surface area contributed by atoms with Gasteiger partial charge in [-0.3, -0.25) is 14.7 Å². The van der Waals surface area contributed by atoms with Gasteiger partial charge >= 0.3 is 5.97 Å². The second-order valence-electron chi connectivity index (χ2n) is 7.68. The third-order valence-electron chi connectivity index (χ3n) is 5.15. The molecule has 0 aliphatic heterocycles. The summed E-state index contributed by atoms with van der Waals surface area (Å²) >= 11 is 0. The summed E-state index contributed by atoms with van der Waals surface area (Å²) in [5.41, 5.74) is 1.14. The van der Waals surface area contributed by atoms with Crippen LogP contribution in [0.5, 0.6) is 0 Å². The maximum absolute atomic E-state index is 13.5. The van der Waals surface area contributed by atoms with Crippen LogP contribution in [0.15, 0.2) is 54.7 Å². The SMILES string of the molecule is CC(CO)(C[C@@H](Cc1ccc(-c2cccc(F)c2)cc1)NC(=O)c1cnn[nH]1)C(=O)O. The Labute approximate surface area is 178 Å². The molecule has 1 heterocycles. The Balaban J connectivity index is 1.80. The zero-order chi connectivity index (χ0) is 22.4. The van der Waals surface area contributed by atoms with Crippen LogP contribution in [-0.2, 0) is 11.2 Å². The summed E-state index contributed by atoms with van der Waals surface area (Å²) in [6.07, 6.45) is 1.61. The van der Waals surface area contributed by atoms with Crippen molar-refractivity contribution in [2.24, 2.45) is 5.41 Å². The summed E-state index contributed by atoms with van der Waals surface area (Å²) in [5, 5.41) is 31.5. The molecule has 2 atom stereocenters. The second kappa shape index (κ2) is 9.48. The van der Waals surface area contributed by atoms with E-state index in [1.165, 1.54) is 25.3 Å². The molecular weight excluding hydrogens is 403 g/mol. The van der Waals surface area contributed by atoms with Gasteiger partial charge in [-0.15, -0.1) is 5.10 Å². The Morgan fingerprint density at radius 2 is 1.94 bits per heavy atom. The number of hydrogen-bond donors (Lipinski definition) is 4. The van der Waals surface area contributed by atoms with E-state index >= 15 is 0 Å². The lowest BCUT2D eigenvalue weighted by atomic mass is 9.82. The number of benzene rings is 2. The number of carbonyl (C=O) groups is 2. The first-order chi connectivity index (χ1) is 14.8. The van der Waals surface area contributed by atoms with Crippen LogP contribution in [0.3, 0.4) is 0 Å². The maximum Gasteiger partial charge on any atom is 0.311 e. The van der Waals surface area contributed by atoms with Crippen molar-refractivity contribution in [1.29, 1.82) is 0 Å². The Morgan fingerprint density at radius 1 is 1.19 bits per heavy atom. The molecule has 8 nitrogen and oxygen atoms in total. The molecule has 9 heteroatoms. The summed E-state index contributed by atoms with van der Waals surface area (Å²) in [6.45, 7) is 0.859. The van der Waals surface area contributed by atoms with Crippen molar-refractivity contribution in [3.8, 4) is 11.1 Å². The van der Waals surface area contributed by atoms with Gasteiger partial charge in [0.2, 0.25) is 0 Å². The average molecular weight is 426 g/mol. The predicted octanol–water partition coefficient (Wildman–Crippen LogP) is 2.43. The number of aromatic amines is 1. The molecule has 0 aliphatic carbocycles. The van der Waals surface area contributed by atoms with E-state index in [1.54, 1.807) is 12.1 Å². The predicted molar refractivity (Wildman–Crippen MR) is 111 cm³/mol. The van der Waals surface area contributed by atoms with Gasteiger partial charge in [-0.2, -0.15) is 0 Å². The standard InChI is InChI=1S/C22H23FN4O4/c1-22(13-28,21(30)31)11-18(25-20(29)19-12-24-27-26-19)9-14-5-7-15(8-6-14)16-3-2-4-17(23)10-16/h2-8,10,12,18,28H,9,11,13H2,1H3,(H,25,29)(H,30,31)(H,24,26,27)/t18-,22?/m1/s1. The van der Waals surface area contributed by atoms with Gasteiger partial charge in [-0.05, 0) is 48.6 Å². The van der Waals surface area contributed by atoms with Crippen molar-refractivity contribution in [3.05, 3.63) is 71.8 Å². The zero-order valence-corrected chi connectivity index (χ0v) is 16.9. The Bertz CT molecular complexity index is 1040. The van der Waals surface area contributed by atoms with E-state index in [1.807, 2.05) is 24.3 Å². The number of amides is 1. The number of nitrogens with zero attached hydrogens (tertiary/aromatic N) is 2. The number of aliphatic carboxylic acids is 1. The lowest BCUT2D eigenvalue weighted by Gasteiger charge is -2.28. The highest BCUT2D eigenvalue weighted by Crippen LogP contribution is 2.26. The first kappa shape index (κ1) is 22.1. The molecule has 0 saturated carbocycles. The second-order valence-corrected chi connectivity index (χ2v) is 7.68. The first-order valence-corrected chi connectivity index (χ1v) is 9.67. The lowest BCUT2D eigenvalue weighted by molar-refractivity contribution is -0.151. The summed E-state index contributed by atoms with van der Waals surface area (Å²) in [4.78, 5) is 24.1. The fraction of sp³-hybridized carbons (Fsp3) is 0.273. The summed E-state index contributed by atoms with van der Waals surface area (Å²) in [7, 11) is 0. The van der Waals surface area contributed by atoms with E-state index in [9.17, 15) is 24.2 Å². The third kappa shape index (κ3) is 5.52. The van der Waals surface area contributed by atoms with E-state index in [0.717, 1.165) is 16.7 Å². The lowest BCUT2D eigenvalue weighted by Crippen LogP contribution is -2.44. The number of carboxylic acids is 1. The van der Waals surface area contributed by atoms with Crippen molar-refractivity contribution in [3.63, 3.8) is 0 Å². The number of aromatic nitrogens is 3. The molecule has 0 radical (unpaired) electrons. The largest absolute Gasteiger partial charge is 0.481 e. The van der Waals surface area contributed by atoms with Gasteiger partial charge in [0.15, 0.2) is 0 Å². The Hall–Kier alpha value is -3.59.